The van der Waals surface area contributed by atoms with Crippen LogP contribution in [-0.2, 0) is 7.05 Å². The number of carboxylic acids is 2. The first-order valence-electron chi connectivity index (χ1n) is 16.1. The second-order valence-corrected chi connectivity index (χ2v) is 14.4. The SMILES string of the molecule is Cc1cnsc1C(=O)Nc1scc(-c2cnc(N3CCCCC3)nc2C)c1C(=O)O.Cn1cnc(C(=O)Nc2scc(-c3cnccn3)c2C(=O)O)c1. The minimum atomic E-state index is -1.15. The van der Waals surface area contributed by atoms with E-state index in [-0.39, 0.29) is 32.7 Å². The van der Waals surface area contributed by atoms with Gasteiger partial charge in [-0.05, 0) is 50.2 Å². The van der Waals surface area contributed by atoms with Gasteiger partial charge in [0.1, 0.15) is 31.7 Å². The third kappa shape index (κ3) is 8.27. The van der Waals surface area contributed by atoms with Gasteiger partial charge in [-0.25, -0.2) is 28.9 Å². The average molecular weight is 773 g/mol. The van der Waals surface area contributed by atoms with E-state index in [9.17, 15) is 29.4 Å². The Morgan fingerprint density at radius 1 is 0.792 bits per heavy atom. The lowest BCUT2D eigenvalue weighted by Crippen LogP contribution is -2.31. The number of carbonyl (C=O) groups is 4. The van der Waals surface area contributed by atoms with E-state index >= 15 is 0 Å². The van der Waals surface area contributed by atoms with Crippen molar-refractivity contribution in [3.05, 3.63) is 87.2 Å². The molecule has 16 nitrogen and oxygen atoms in total. The minimum Gasteiger partial charge on any atom is -0.478 e. The maximum atomic E-state index is 12.5. The van der Waals surface area contributed by atoms with Gasteiger partial charge in [0.25, 0.3) is 11.8 Å². The highest BCUT2D eigenvalue weighted by molar-refractivity contribution is 7.16. The Morgan fingerprint density at radius 3 is 2.06 bits per heavy atom. The van der Waals surface area contributed by atoms with Crippen LogP contribution in [0.2, 0.25) is 0 Å². The predicted octanol–water partition coefficient (Wildman–Crippen LogP) is 6.11. The van der Waals surface area contributed by atoms with E-state index in [0.29, 0.717) is 38.9 Å². The number of thiophene rings is 2. The number of aromatic carboxylic acids is 2. The van der Waals surface area contributed by atoms with Gasteiger partial charge in [0.05, 0.1) is 23.9 Å². The Hall–Kier alpha value is -5.92. The standard InChI is InChI=1S/C20H21N5O3S2.C14H11N5O3S/c1-11-8-22-30-16(11)17(26)24-18-15(19(27)28)14(10-29-18)13-9-21-20(23-12(13)2)25-6-4-3-5-7-25;1-19-5-10(17-7-19)12(20)18-13-11(14(21)22)8(6-23-13)9-4-15-2-3-16-9/h8-10H,3-7H2,1-2H3,(H,24,26)(H,27,28);2-7H,1H3,(H,18,20)(H,21,22). The highest BCUT2D eigenvalue weighted by Gasteiger charge is 2.25. The summed E-state index contributed by atoms with van der Waals surface area (Å²) in [6.45, 7) is 5.52. The fourth-order valence-corrected chi connectivity index (χ4v) is 8.02. The summed E-state index contributed by atoms with van der Waals surface area (Å²) < 4.78 is 5.63. The summed E-state index contributed by atoms with van der Waals surface area (Å²) in [5.41, 5.74) is 3.70. The lowest BCUT2D eigenvalue weighted by molar-refractivity contribution is 0.0688. The molecule has 0 spiro atoms. The summed E-state index contributed by atoms with van der Waals surface area (Å²) in [6, 6.07) is 0. The number of rotatable bonds is 9. The molecule has 1 saturated heterocycles. The average Bonchev–Trinajstić information content (AvgIpc) is 3.96. The van der Waals surface area contributed by atoms with Gasteiger partial charge < -0.3 is 30.3 Å². The summed E-state index contributed by atoms with van der Waals surface area (Å²) in [4.78, 5) is 72.0. The fraction of sp³-hybridized carbons (Fsp3) is 0.235. The summed E-state index contributed by atoms with van der Waals surface area (Å²) in [5.74, 6) is -2.41. The molecule has 4 N–H and O–H groups in total. The van der Waals surface area contributed by atoms with E-state index < -0.39 is 17.8 Å². The van der Waals surface area contributed by atoms with E-state index in [1.54, 1.807) is 47.9 Å². The number of aryl methyl sites for hydroxylation is 3. The maximum Gasteiger partial charge on any atom is 0.339 e. The molecule has 7 rings (SSSR count). The van der Waals surface area contributed by atoms with E-state index in [2.05, 4.69) is 44.8 Å². The van der Waals surface area contributed by atoms with Crippen LogP contribution in [0.15, 0.2) is 54.3 Å². The Bertz CT molecular complexity index is 2290. The summed E-state index contributed by atoms with van der Waals surface area (Å²) in [6.07, 6.45) is 14.3. The molecule has 0 radical (unpaired) electrons. The van der Waals surface area contributed by atoms with Crippen molar-refractivity contribution in [1.29, 1.82) is 0 Å². The molecule has 1 aliphatic rings. The molecule has 0 saturated carbocycles. The number of nitrogens with one attached hydrogen (secondary N) is 2. The zero-order valence-electron chi connectivity index (χ0n) is 28.6. The van der Waals surface area contributed by atoms with Crippen molar-refractivity contribution in [3.8, 4) is 22.4 Å². The molecular formula is C34H32N10O6S3. The molecule has 0 unspecified atom stereocenters. The van der Waals surface area contributed by atoms with Crippen molar-refractivity contribution < 1.29 is 29.4 Å². The van der Waals surface area contributed by atoms with Gasteiger partial charge in [0.2, 0.25) is 5.95 Å². The predicted molar refractivity (Wildman–Crippen MR) is 201 cm³/mol. The van der Waals surface area contributed by atoms with Crippen LogP contribution in [0.5, 0.6) is 0 Å². The minimum absolute atomic E-state index is 0.0141. The number of aromatic nitrogens is 7. The number of hydrogen-bond acceptors (Lipinski definition) is 14. The van der Waals surface area contributed by atoms with Crippen LogP contribution >= 0.6 is 34.2 Å². The van der Waals surface area contributed by atoms with E-state index in [0.717, 1.165) is 54.4 Å². The molecule has 53 heavy (non-hydrogen) atoms. The first-order valence-corrected chi connectivity index (χ1v) is 18.6. The number of amides is 2. The molecule has 7 heterocycles. The third-order valence-corrected chi connectivity index (χ3v) is 10.8. The number of piperidine rings is 1. The Morgan fingerprint density at radius 2 is 1.47 bits per heavy atom. The van der Waals surface area contributed by atoms with Crippen LogP contribution in [0.1, 0.15) is 71.4 Å². The van der Waals surface area contributed by atoms with Crippen LogP contribution in [0.3, 0.4) is 0 Å². The fourth-order valence-electron chi connectivity index (χ4n) is 5.48. The van der Waals surface area contributed by atoms with Crippen LogP contribution in [0.4, 0.5) is 16.0 Å². The Balaban J connectivity index is 0.000000188. The summed E-state index contributed by atoms with van der Waals surface area (Å²) in [5, 5.41) is 28.5. The molecule has 1 fully saturated rings. The second-order valence-electron chi connectivity index (χ2n) is 11.8. The lowest BCUT2D eigenvalue weighted by atomic mass is 10.0. The monoisotopic (exact) mass is 772 g/mol. The topological polar surface area (TPSA) is 218 Å². The van der Waals surface area contributed by atoms with Crippen LogP contribution in [0.25, 0.3) is 22.4 Å². The summed E-state index contributed by atoms with van der Waals surface area (Å²) >= 11 is 3.37. The molecular weight excluding hydrogens is 741 g/mol. The van der Waals surface area contributed by atoms with Crippen molar-refractivity contribution in [2.45, 2.75) is 33.1 Å². The van der Waals surface area contributed by atoms with Gasteiger partial charge in [-0.15, -0.1) is 22.7 Å². The number of carbonyl (C=O) groups excluding carboxylic acids is 2. The number of hydrogen-bond donors (Lipinski definition) is 4. The van der Waals surface area contributed by atoms with E-state index in [1.807, 2.05) is 6.92 Å². The van der Waals surface area contributed by atoms with Crippen LogP contribution < -0.4 is 15.5 Å². The number of carboxylic acid groups (broad SMARTS) is 2. The smallest absolute Gasteiger partial charge is 0.339 e. The van der Waals surface area contributed by atoms with Gasteiger partial charge >= 0.3 is 11.9 Å². The number of imidazole rings is 1. The van der Waals surface area contributed by atoms with Gasteiger partial charge in [0, 0.05) is 78.6 Å². The molecule has 19 heteroatoms. The molecule has 6 aromatic heterocycles. The van der Waals surface area contributed by atoms with E-state index in [1.165, 1.54) is 42.7 Å². The van der Waals surface area contributed by atoms with Crippen molar-refractivity contribution in [2.75, 3.05) is 28.6 Å². The lowest BCUT2D eigenvalue weighted by Gasteiger charge is -2.26. The molecule has 0 aromatic carbocycles. The van der Waals surface area contributed by atoms with Gasteiger partial charge in [0.15, 0.2) is 0 Å². The number of nitrogens with zero attached hydrogens (tertiary/aromatic N) is 8. The zero-order valence-corrected chi connectivity index (χ0v) is 31.0. The highest BCUT2D eigenvalue weighted by atomic mass is 32.1. The molecule has 272 valence electrons. The molecule has 2 amide bonds. The Kier molecular flexibility index (Phi) is 11.3. The largest absolute Gasteiger partial charge is 0.478 e. The van der Waals surface area contributed by atoms with Gasteiger partial charge in [-0.1, -0.05) is 0 Å². The molecule has 0 atom stereocenters. The van der Waals surface area contributed by atoms with E-state index in [4.69, 9.17) is 0 Å². The Labute approximate surface area is 314 Å². The van der Waals surface area contributed by atoms with Crippen molar-refractivity contribution in [2.24, 2.45) is 7.05 Å². The van der Waals surface area contributed by atoms with Crippen LogP contribution in [0, 0.1) is 13.8 Å². The number of anilines is 3. The first-order chi connectivity index (χ1) is 25.5. The van der Waals surface area contributed by atoms with Gasteiger partial charge in [-0.2, -0.15) is 0 Å². The normalized spacial score (nSPS) is 12.5. The zero-order chi connectivity index (χ0) is 37.6. The highest BCUT2D eigenvalue weighted by Crippen LogP contribution is 2.38. The van der Waals surface area contributed by atoms with Gasteiger partial charge in [-0.3, -0.25) is 19.6 Å². The van der Waals surface area contributed by atoms with Crippen molar-refractivity contribution in [1.82, 2.24) is 33.9 Å². The van der Waals surface area contributed by atoms with Crippen LogP contribution in [-0.4, -0.2) is 80.9 Å². The molecule has 6 aromatic rings. The van der Waals surface area contributed by atoms with Crippen molar-refractivity contribution in [3.63, 3.8) is 0 Å². The molecule has 0 aliphatic carbocycles. The molecule has 1 aliphatic heterocycles. The van der Waals surface area contributed by atoms with Crippen molar-refractivity contribution >= 4 is 73.9 Å². The molecule has 0 bridgehead atoms. The first kappa shape index (κ1) is 36.9. The summed E-state index contributed by atoms with van der Waals surface area (Å²) in [7, 11) is 1.74. The second kappa shape index (κ2) is 16.2. The third-order valence-electron chi connectivity index (χ3n) is 8.09. The quantitative estimate of drug-likeness (QED) is 0.131. The maximum absolute atomic E-state index is 12.5.